The molecule has 0 spiro atoms. The second-order valence-corrected chi connectivity index (χ2v) is 12.7. The molecule has 0 aliphatic carbocycles. The number of carbonyl (C=O) groups excluding carboxylic acids is 1. The van der Waals surface area contributed by atoms with Crippen molar-refractivity contribution in [3.8, 4) is 5.75 Å². The zero-order valence-electron chi connectivity index (χ0n) is 19.4. The van der Waals surface area contributed by atoms with Crippen LogP contribution in [0, 0.1) is 0 Å². The first-order chi connectivity index (χ1) is 16.0. The Morgan fingerprint density at radius 3 is 2.50 bits per heavy atom. The van der Waals surface area contributed by atoms with Crippen LogP contribution in [0.4, 0.5) is 5.82 Å². The van der Waals surface area contributed by atoms with E-state index >= 15 is 0 Å². The number of aldehydes is 1. The molecular weight excluding hydrogens is 512 g/mol. The Morgan fingerprint density at radius 1 is 1.18 bits per heavy atom. The third-order valence-corrected chi connectivity index (χ3v) is 8.88. The first kappa shape index (κ1) is 26.5. The second kappa shape index (κ2) is 11.1. The maximum atomic E-state index is 13.1. The number of halogens is 1. The third-order valence-electron chi connectivity index (χ3n) is 5.05. The summed E-state index contributed by atoms with van der Waals surface area (Å²) in [6.07, 6.45) is 2.58. The van der Waals surface area contributed by atoms with Crippen LogP contribution in [0.2, 0.25) is 5.02 Å². The van der Waals surface area contributed by atoms with Crippen molar-refractivity contribution in [3.05, 3.63) is 57.9 Å². The zero-order chi connectivity index (χ0) is 24.9. The van der Waals surface area contributed by atoms with Crippen molar-refractivity contribution in [2.75, 3.05) is 11.8 Å². The maximum Gasteiger partial charge on any atom is 0.263 e. The summed E-state index contributed by atoms with van der Waals surface area (Å²) in [6, 6.07) is 12.2. The number of anilines is 1. The molecule has 0 aliphatic heterocycles. The minimum absolute atomic E-state index is 0.0789. The molecule has 0 saturated heterocycles. The highest BCUT2D eigenvalue weighted by Crippen LogP contribution is 2.41. The van der Waals surface area contributed by atoms with Gasteiger partial charge in [-0.1, -0.05) is 56.3 Å². The molecule has 10 heteroatoms. The smallest absolute Gasteiger partial charge is 0.263 e. The number of carbonyl (C=O) groups is 1. The van der Waals surface area contributed by atoms with Gasteiger partial charge in [0.05, 0.1) is 21.9 Å². The van der Waals surface area contributed by atoms with Crippen molar-refractivity contribution in [3.63, 3.8) is 0 Å². The van der Waals surface area contributed by atoms with E-state index in [-0.39, 0.29) is 16.1 Å². The highest BCUT2D eigenvalue weighted by Gasteiger charge is 2.23. The fourth-order valence-electron chi connectivity index (χ4n) is 3.13. The second-order valence-electron chi connectivity index (χ2n) is 8.62. The molecule has 0 atom stereocenters. The van der Waals surface area contributed by atoms with E-state index in [0.29, 0.717) is 34.9 Å². The fourth-order valence-corrected chi connectivity index (χ4v) is 6.46. The van der Waals surface area contributed by atoms with E-state index in [1.54, 1.807) is 24.3 Å². The molecule has 1 N–H and O–H groups in total. The summed E-state index contributed by atoms with van der Waals surface area (Å²) < 4.78 is 38.7. The quantitative estimate of drug-likeness (QED) is 0.232. The Balaban J connectivity index is 1.93. The number of benzene rings is 2. The van der Waals surface area contributed by atoms with E-state index in [1.165, 1.54) is 30.4 Å². The number of methoxy groups -OCH3 is 1. The van der Waals surface area contributed by atoms with Gasteiger partial charge in [0, 0.05) is 16.2 Å². The van der Waals surface area contributed by atoms with Gasteiger partial charge in [-0.3, -0.25) is 4.72 Å². The molecule has 0 radical (unpaired) electrons. The summed E-state index contributed by atoms with van der Waals surface area (Å²) in [6.45, 7) is 6.22. The molecule has 0 fully saturated rings. The number of nitrogens with zero attached hydrogens (tertiary/aromatic N) is 1. The van der Waals surface area contributed by atoms with E-state index in [1.807, 2.05) is 18.2 Å². The average Bonchev–Trinajstić information content (AvgIpc) is 3.15. The molecule has 1 heterocycles. The number of aryl methyl sites for hydroxylation is 1. The van der Waals surface area contributed by atoms with Crippen LogP contribution in [0.1, 0.15) is 44.1 Å². The molecule has 0 amide bonds. The number of sulfonamides is 1. The summed E-state index contributed by atoms with van der Waals surface area (Å²) in [5, 5.41) is 0.487. The van der Waals surface area contributed by atoms with E-state index in [4.69, 9.17) is 16.3 Å². The van der Waals surface area contributed by atoms with Crippen LogP contribution in [0.15, 0.2) is 57.2 Å². The molecule has 1 aromatic heterocycles. The normalized spacial score (nSPS) is 11.9. The lowest BCUT2D eigenvalue weighted by Crippen LogP contribution is -2.15. The van der Waals surface area contributed by atoms with Crippen molar-refractivity contribution < 1.29 is 17.9 Å². The number of unbranched alkanes of at least 4 members (excludes halogenated alkanes) is 1. The van der Waals surface area contributed by atoms with Gasteiger partial charge in [-0.15, -0.1) is 0 Å². The molecule has 0 aliphatic rings. The minimum Gasteiger partial charge on any atom is -0.495 e. The van der Waals surface area contributed by atoms with Crippen LogP contribution in [0.5, 0.6) is 5.75 Å². The van der Waals surface area contributed by atoms with E-state index in [2.05, 4.69) is 29.9 Å². The van der Waals surface area contributed by atoms with Gasteiger partial charge in [0.2, 0.25) is 0 Å². The average molecular weight is 539 g/mol. The zero-order valence-corrected chi connectivity index (χ0v) is 22.6. The Kier molecular flexibility index (Phi) is 8.67. The molecular formula is C24H27ClN2O4S3. The predicted molar refractivity (Wildman–Crippen MR) is 139 cm³/mol. The van der Waals surface area contributed by atoms with Crippen LogP contribution in [0.25, 0.3) is 0 Å². The Labute approximate surface area is 214 Å². The van der Waals surface area contributed by atoms with Gasteiger partial charge in [-0.25, -0.2) is 8.42 Å². The van der Waals surface area contributed by atoms with Crippen molar-refractivity contribution in [1.82, 2.24) is 4.37 Å². The van der Waals surface area contributed by atoms with Crippen molar-refractivity contribution in [2.45, 2.75) is 60.1 Å². The van der Waals surface area contributed by atoms with Crippen LogP contribution in [0.3, 0.4) is 0 Å². The number of ether oxygens (including phenoxy) is 1. The predicted octanol–water partition coefficient (Wildman–Crippen LogP) is 6.58. The summed E-state index contributed by atoms with van der Waals surface area (Å²) in [7, 11) is -2.30. The van der Waals surface area contributed by atoms with Crippen molar-refractivity contribution in [2.24, 2.45) is 0 Å². The van der Waals surface area contributed by atoms with Crippen LogP contribution in [-0.2, 0) is 26.7 Å². The van der Waals surface area contributed by atoms with Gasteiger partial charge < -0.3 is 9.53 Å². The van der Waals surface area contributed by atoms with Gasteiger partial charge in [-0.05, 0) is 65.7 Å². The van der Waals surface area contributed by atoms with E-state index < -0.39 is 10.0 Å². The molecule has 0 bridgehead atoms. The molecule has 0 unspecified atom stereocenters. The number of rotatable bonds is 10. The summed E-state index contributed by atoms with van der Waals surface area (Å²) in [5.41, 5.74) is 0.968. The molecule has 3 rings (SSSR count). The third kappa shape index (κ3) is 6.53. The van der Waals surface area contributed by atoms with E-state index in [0.717, 1.165) is 21.6 Å². The maximum absolute atomic E-state index is 13.1. The first-order valence-electron chi connectivity index (χ1n) is 10.6. The van der Waals surface area contributed by atoms with Gasteiger partial charge in [-0.2, -0.15) is 4.37 Å². The van der Waals surface area contributed by atoms with Crippen molar-refractivity contribution >= 4 is 57.0 Å². The highest BCUT2D eigenvalue weighted by molar-refractivity contribution is 7.99. The molecule has 2 aromatic carbocycles. The number of aromatic nitrogens is 1. The minimum atomic E-state index is -3.84. The topological polar surface area (TPSA) is 85.4 Å². The van der Waals surface area contributed by atoms with E-state index in [9.17, 15) is 13.2 Å². The fraction of sp³-hybridized carbons (Fsp3) is 0.333. The van der Waals surface area contributed by atoms with Crippen LogP contribution >= 0.6 is 34.9 Å². The van der Waals surface area contributed by atoms with Crippen LogP contribution in [-0.4, -0.2) is 26.2 Å². The Hall–Kier alpha value is -2.07. The first-order valence-corrected chi connectivity index (χ1v) is 14.1. The lowest BCUT2D eigenvalue weighted by Gasteiger charge is -2.19. The van der Waals surface area contributed by atoms with Crippen LogP contribution < -0.4 is 9.46 Å². The number of hydrogen-bond donors (Lipinski definition) is 1. The van der Waals surface area contributed by atoms with Gasteiger partial charge >= 0.3 is 0 Å². The van der Waals surface area contributed by atoms with Gasteiger partial charge in [0.1, 0.15) is 12.0 Å². The lowest BCUT2D eigenvalue weighted by molar-refractivity contribution is -0.107. The van der Waals surface area contributed by atoms with Gasteiger partial charge in [0.15, 0.2) is 5.82 Å². The highest BCUT2D eigenvalue weighted by atomic mass is 35.5. The number of nitrogens with one attached hydrogen (secondary N) is 1. The number of hydrogen-bond acceptors (Lipinski definition) is 7. The van der Waals surface area contributed by atoms with Crippen molar-refractivity contribution in [1.29, 1.82) is 0 Å². The summed E-state index contributed by atoms with van der Waals surface area (Å²) in [4.78, 5) is 13.4. The molecule has 182 valence electrons. The molecule has 34 heavy (non-hydrogen) atoms. The lowest BCUT2D eigenvalue weighted by atomic mass is 9.87. The van der Waals surface area contributed by atoms with Gasteiger partial charge in [0.25, 0.3) is 10.0 Å². The molecule has 3 aromatic rings. The summed E-state index contributed by atoms with van der Waals surface area (Å²) >= 11 is 8.76. The standard InChI is InChI=1S/C24H27ClN2O4S3/c1-24(2,3)16-8-11-18(12-9-16)34(29,30)27-23-22(21(33-26-23)7-5-6-14-28)32-17-10-13-19(25)20(15-17)31-4/h8-15H,5-7H2,1-4H3,(H,26,27). The monoisotopic (exact) mass is 538 g/mol. The Bertz CT molecular complexity index is 1250. The summed E-state index contributed by atoms with van der Waals surface area (Å²) in [5.74, 6) is 0.795. The SMILES string of the molecule is COc1cc(Sc2c(NS(=O)(=O)c3ccc(C(C)(C)C)cc3)nsc2CCCC=O)ccc1Cl. The molecule has 0 saturated carbocycles. The largest absolute Gasteiger partial charge is 0.495 e. The Morgan fingerprint density at radius 2 is 1.88 bits per heavy atom. The molecule has 6 nitrogen and oxygen atoms in total.